The van der Waals surface area contributed by atoms with E-state index in [9.17, 15) is 0 Å². The molecule has 2 heteroatoms. The fraction of sp³-hybridized carbons (Fsp3) is 0.571. The maximum atomic E-state index is 5.65. The summed E-state index contributed by atoms with van der Waals surface area (Å²) in [5, 5.41) is 3.43. The van der Waals surface area contributed by atoms with Crippen molar-refractivity contribution in [1.82, 2.24) is 5.32 Å². The second-order valence-electron chi connectivity index (χ2n) is 4.66. The number of nitrogens with one attached hydrogen (secondary N) is 1. The van der Waals surface area contributed by atoms with Gasteiger partial charge in [0.25, 0.3) is 0 Å². The van der Waals surface area contributed by atoms with Gasteiger partial charge in [-0.3, -0.25) is 0 Å². The first-order valence-corrected chi connectivity index (χ1v) is 6.01. The first kappa shape index (κ1) is 13.2. The molecule has 1 aromatic rings. The van der Waals surface area contributed by atoms with E-state index in [4.69, 9.17) is 4.74 Å². The third kappa shape index (κ3) is 4.77. The summed E-state index contributed by atoms with van der Waals surface area (Å²) in [6.45, 7) is 10.1. The molecule has 0 heterocycles. The van der Waals surface area contributed by atoms with Crippen LogP contribution in [0, 0.1) is 0 Å². The number of rotatable bonds is 6. The summed E-state index contributed by atoms with van der Waals surface area (Å²) >= 11 is 0. The lowest BCUT2D eigenvalue weighted by atomic mass is 10.1. The normalized spacial score (nSPS) is 11.4. The number of ether oxygens (including phenoxy) is 1. The summed E-state index contributed by atoms with van der Waals surface area (Å²) in [5.74, 6) is 0. The average Bonchev–Trinajstić information content (AvgIpc) is 2.24. The van der Waals surface area contributed by atoms with E-state index in [-0.39, 0.29) is 6.10 Å². The molecule has 0 bridgehead atoms. The van der Waals surface area contributed by atoms with Gasteiger partial charge in [0, 0.05) is 12.6 Å². The van der Waals surface area contributed by atoms with E-state index < -0.39 is 0 Å². The molecular weight excluding hydrogens is 198 g/mol. The van der Waals surface area contributed by atoms with E-state index in [0.717, 1.165) is 6.54 Å². The van der Waals surface area contributed by atoms with Gasteiger partial charge in [-0.1, -0.05) is 38.1 Å². The first-order valence-electron chi connectivity index (χ1n) is 6.01. The molecule has 0 spiro atoms. The Labute approximate surface area is 99.0 Å². The Hall–Kier alpha value is -0.860. The lowest BCUT2D eigenvalue weighted by Crippen LogP contribution is -2.22. The highest BCUT2D eigenvalue weighted by molar-refractivity contribution is 5.26. The van der Waals surface area contributed by atoms with Gasteiger partial charge in [-0.15, -0.1) is 0 Å². The van der Waals surface area contributed by atoms with Crippen molar-refractivity contribution in [3.63, 3.8) is 0 Å². The maximum Gasteiger partial charge on any atom is 0.0723 e. The standard InChI is InChI=1S/C14H23NO/c1-11(2)15-9-13-7-5-6-8-14(13)10-16-12(3)4/h5-8,11-12,15H,9-10H2,1-4H3. The van der Waals surface area contributed by atoms with Crippen LogP contribution in [0.5, 0.6) is 0 Å². The Bertz CT molecular complexity index is 276. The molecule has 16 heavy (non-hydrogen) atoms. The van der Waals surface area contributed by atoms with E-state index in [1.54, 1.807) is 0 Å². The van der Waals surface area contributed by atoms with Crippen molar-refractivity contribution in [2.24, 2.45) is 0 Å². The number of hydrogen-bond acceptors (Lipinski definition) is 2. The average molecular weight is 221 g/mol. The topological polar surface area (TPSA) is 21.3 Å². The van der Waals surface area contributed by atoms with Crippen LogP contribution in [0.15, 0.2) is 24.3 Å². The summed E-state index contributed by atoms with van der Waals surface area (Å²) in [4.78, 5) is 0. The van der Waals surface area contributed by atoms with E-state index in [2.05, 4.69) is 57.3 Å². The van der Waals surface area contributed by atoms with Crippen LogP contribution in [-0.4, -0.2) is 12.1 Å². The molecule has 0 aliphatic rings. The van der Waals surface area contributed by atoms with Gasteiger partial charge in [0.1, 0.15) is 0 Å². The van der Waals surface area contributed by atoms with Crippen LogP contribution >= 0.6 is 0 Å². The van der Waals surface area contributed by atoms with Crippen molar-refractivity contribution >= 4 is 0 Å². The van der Waals surface area contributed by atoms with Crippen LogP contribution < -0.4 is 5.32 Å². The smallest absolute Gasteiger partial charge is 0.0723 e. The zero-order chi connectivity index (χ0) is 12.0. The largest absolute Gasteiger partial charge is 0.374 e. The van der Waals surface area contributed by atoms with Crippen LogP contribution in [0.1, 0.15) is 38.8 Å². The van der Waals surface area contributed by atoms with Gasteiger partial charge in [0.15, 0.2) is 0 Å². The SMILES string of the molecule is CC(C)NCc1ccccc1COC(C)C. The van der Waals surface area contributed by atoms with Crippen LogP contribution in [0.3, 0.4) is 0 Å². The van der Waals surface area contributed by atoms with E-state index in [1.807, 2.05) is 0 Å². The highest BCUT2D eigenvalue weighted by Gasteiger charge is 2.03. The Kier molecular flexibility index (Phi) is 5.50. The molecule has 0 fully saturated rings. The molecule has 0 saturated heterocycles. The van der Waals surface area contributed by atoms with Crippen molar-refractivity contribution < 1.29 is 4.74 Å². The molecule has 0 saturated carbocycles. The molecule has 1 rings (SSSR count). The molecule has 0 aliphatic heterocycles. The van der Waals surface area contributed by atoms with E-state index in [1.165, 1.54) is 11.1 Å². The van der Waals surface area contributed by atoms with Gasteiger partial charge < -0.3 is 10.1 Å². The van der Waals surface area contributed by atoms with Crippen LogP contribution in [-0.2, 0) is 17.9 Å². The van der Waals surface area contributed by atoms with Crippen molar-refractivity contribution in [2.45, 2.75) is 53.0 Å². The van der Waals surface area contributed by atoms with Gasteiger partial charge in [0.05, 0.1) is 12.7 Å². The van der Waals surface area contributed by atoms with E-state index >= 15 is 0 Å². The zero-order valence-corrected chi connectivity index (χ0v) is 10.8. The minimum atomic E-state index is 0.283. The molecule has 0 aliphatic carbocycles. The minimum Gasteiger partial charge on any atom is -0.374 e. The predicted octanol–water partition coefficient (Wildman–Crippen LogP) is 3.11. The lowest BCUT2D eigenvalue weighted by Gasteiger charge is -2.14. The summed E-state index contributed by atoms with van der Waals surface area (Å²) in [5.41, 5.74) is 2.61. The highest BCUT2D eigenvalue weighted by atomic mass is 16.5. The predicted molar refractivity (Wildman–Crippen MR) is 68.3 cm³/mol. The van der Waals surface area contributed by atoms with Crippen molar-refractivity contribution in [3.05, 3.63) is 35.4 Å². The molecule has 90 valence electrons. The van der Waals surface area contributed by atoms with Crippen molar-refractivity contribution in [1.29, 1.82) is 0 Å². The molecule has 1 aromatic carbocycles. The fourth-order valence-electron chi connectivity index (χ4n) is 1.44. The van der Waals surface area contributed by atoms with Gasteiger partial charge in [-0.2, -0.15) is 0 Å². The van der Waals surface area contributed by atoms with Crippen molar-refractivity contribution in [2.75, 3.05) is 0 Å². The summed E-state index contributed by atoms with van der Waals surface area (Å²) < 4.78 is 5.65. The van der Waals surface area contributed by atoms with Crippen LogP contribution in [0.2, 0.25) is 0 Å². The van der Waals surface area contributed by atoms with Crippen LogP contribution in [0.4, 0.5) is 0 Å². The number of benzene rings is 1. The summed E-state index contributed by atoms with van der Waals surface area (Å²) in [6.07, 6.45) is 0.283. The van der Waals surface area contributed by atoms with Gasteiger partial charge in [0.2, 0.25) is 0 Å². The maximum absolute atomic E-state index is 5.65. The Balaban J connectivity index is 2.60. The second kappa shape index (κ2) is 6.66. The van der Waals surface area contributed by atoms with Gasteiger partial charge in [-0.05, 0) is 25.0 Å². The Morgan fingerprint density at radius 1 is 1.06 bits per heavy atom. The minimum absolute atomic E-state index is 0.283. The molecule has 0 aromatic heterocycles. The van der Waals surface area contributed by atoms with Gasteiger partial charge in [-0.25, -0.2) is 0 Å². The summed E-state index contributed by atoms with van der Waals surface area (Å²) in [6, 6.07) is 8.96. The zero-order valence-electron chi connectivity index (χ0n) is 10.8. The molecule has 1 N–H and O–H groups in total. The van der Waals surface area contributed by atoms with Crippen LogP contribution in [0.25, 0.3) is 0 Å². The highest BCUT2D eigenvalue weighted by Crippen LogP contribution is 2.11. The van der Waals surface area contributed by atoms with Gasteiger partial charge >= 0.3 is 0 Å². The van der Waals surface area contributed by atoms with E-state index in [0.29, 0.717) is 12.6 Å². The molecule has 0 amide bonds. The third-order valence-corrected chi connectivity index (χ3v) is 2.39. The number of hydrogen-bond donors (Lipinski definition) is 1. The molecule has 2 nitrogen and oxygen atoms in total. The summed E-state index contributed by atoms with van der Waals surface area (Å²) in [7, 11) is 0. The second-order valence-corrected chi connectivity index (χ2v) is 4.66. The monoisotopic (exact) mass is 221 g/mol. The molecule has 0 atom stereocenters. The Morgan fingerprint density at radius 3 is 2.25 bits per heavy atom. The molecular formula is C14H23NO. The third-order valence-electron chi connectivity index (χ3n) is 2.39. The Morgan fingerprint density at radius 2 is 1.69 bits per heavy atom. The first-order chi connectivity index (χ1) is 7.59. The lowest BCUT2D eigenvalue weighted by molar-refractivity contribution is 0.0652. The quantitative estimate of drug-likeness (QED) is 0.797. The molecule has 0 unspecified atom stereocenters. The van der Waals surface area contributed by atoms with Crippen molar-refractivity contribution in [3.8, 4) is 0 Å². The fourth-order valence-corrected chi connectivity index (χ4v) is 1.44. The molecule has 0 radical (unpaired) electrons.